The molecule has 8 nitrogen and oxygen atoms in total. The number of fused-ring (bicyclic) bond motifs is 2. The molecule has 216 valence electrons. The lowest BCUT2D eigenvalue weighted by Crippen LogP contribution is -2.22. The van der Waals surface area contributed by atoms with Crippen LogP contribution in [-0.2, 0) is 21.5 Å². The zero-order valence-corrected chi connectivity index (χ0v) is 27.5. The van der Waals surface area contributed by atoms with Gasteiger partial charge in [0.25, 0.3) is 10.0 Å². The summed E-state index contributed by atoms with van der Waals surface area (Å²) >= 11 is 3.57. The minimum atomic E-state index is -3.92. The van der Waals surface area contributed by atoms with Crippen LogP contribution in [0.3, 0.4) is 0 Å². The van der Waals surface area contributed by atoms with Gasteiger partial charge in [0, 0.05) is 36.3 Å². The number of hydrogen-bond donors (Lipinski definition) is 0. The van der Waals surface area contributed by atoms with Crippen LogP contribution in [-0.4, -0.2) is 42.4 Å². The Morgan fingerprint density at radius 2 is 1.79 bits per heavy atom. The van der Waals surface area contributed by atoms with Crippen molar-refractivity contribution in [2.24, 2.45) is 0 Å². The molecule has 2 aromatic heterocycles. The number of benzene rings is 3. The quantitative estimate of drug-likeness (QED) is 0.0953. The van der Waals surface area contributed by atoms with Crippen LogP contribution in [0.2, 0.25) is 25.7 Å². The van der Waals surface area contributed by atoms with Crippen molar-refractivity contribution in [3.05, 3.63) is 93.3 Å². The second kappa shape index (κ2) is 11.3. The fourth-order valence-corrected chi connectivity index (χ4v) is 7.76. The molecule has 0 fully saturated rings. The molecule has 0 aliphatic carbocycles. The van der Waals surface area contributed by atoms with Gasteiger partial charge < -0.3 is 4.74 Å². The SMILES string of the molecule is Cc1ccc(S(=O)(=O)n2ccc3c(C(=O)c4nc5ccc(C#N)cc5n4COCC[Si](C)(C)C)c(Br)cc(C)c32)cc1. The molecule has 0 saturated heterocycles. The van der Waals surface area contributed by atoms with E-state index >= 15 is 0 Å². The Morgan fingerprint density at radius 3 is 2.45 bits per heavy atom. The zero-order chi connectivity index (χ0) is 30.4. The molecule has 0 spiro atoms. The molecule has 3 aromatic carbocycles. The van der Waals surface area contributed by atoms with Gasteiger partial charge in [0.1, 0.15) is 6.73 Å². The van der Waals surface area contributed by atoms with E-state index in [1.54, 1.807) is 59.2 Å². The van der Waals surface area contributed by atoms with Gasteiger partial charge in [-0.1, -0.05) is 37.3 Å². The topological polar surface area (TPSA) is 107 Å². The Labute approximate surface area is 254 Å². The maximum atomic E-state index is 14.3. The summed E-state index contributed by atoms with van der Waals surface area (Å²) in [6, 6.07) is 18.3. The van der Waals surface area contributed by atoms with E-state index in [0.29, 0.717) is 49.7 Å². The standard InChI is InChI=1S/C31H31BrN4O4SSi/c1-20-6-9-23(10-7-20)41(38,39)36-13-12-24-28(25(32)16-21(2)29(24)36)30(37)31-34-26-11-8-22(18-33)17-27(26)35(31)19-40-14-15-42(3,4)5/h6-13,16-17H,14-15,19H2,1-5H3. The monoisotopic (exact) mass is 662 g/mol. The maximum absolute atomic E-state index is 14.3. The summed E-state index contributed by atoms with van der Waals surface area (Å²) < 4.78 is 36.8. The molecule has 5 aromatic rings. The predicted octanol–water partition coefficient (Wildman–Crippen LogP) is 7.02. The van der Waals surface area contributed by atoms with Gasteiger partial charge in [0.2, 0.25) is 5.78 Å². The number of nitriles is 1. The molecule has 42 heavy (non-hydrogen) atoms. The number of rotatable bonds is 9. The van der Waals surface area contributed by atoms with Crippen molar-refractivity contribution in [2.45, 2.75) is 51.2 Å². The molecule has 0 unspecified atom stereocenters. The Hall–Kier alpha value is -3.56. The van der Waals surface area contributed by atoms with Crippen molar-refractivity contribution in [2.75, 3.05) is 6.61 Å². The van der Waals surface area contributed by atoms with Crippen LogP contribution in [0.15, 0.2) is 70.2 Å². The number of nitrogens with zero attached hydrogens (tertiary/aromatic N) is 4. The lowest BCUT2D eigenvalue weighted by atomic mass is 10.0. The number of halogens is 1. The van der Waals surface area contributed by atoms with Crippen LogP contribution >= 0.6 is 15.9 Å². The van der Waals surface area contributed by atoms with Crippen LogP contribution in [0.5, 0.6) is 0 Å². The molecule has 0 radical (unpaired) electrons. The van der Waals surface area contributed by atoms with Gasteiger partial charge >= 0.3 is 0 Å². The lowest BCUT2D eigenvalue weighted by Gasteiger charge is -2.16. The molecule has 2 heterocycles. The highest BCUT2D eigenvalue weighted by Crippen LogP contribution is 2.34. The summed E-state index contributed by atoms with van der Waals surface area (Å²) in [5.74, 6) is -0.242. The fourth-order valence-electron chi connectivity index (χ4n) is 4.86. The van der Waals surface area contributed by atoms with Gasteiger partial charge in [-0.3, -0.25) is 9.36 Å². The molecule has 0 amide bonds. The van der Waals surface area contributed by atoms with Crippen molar-refractivity contribution in [1.29, 1.82) is 5.26 Å². The van der Waals surface area contributed by atoms with E-state index < -0.39 is 18.1 Å². The minimum absolute atomic E-state index is 0.0897. The highest BCUT2D eigenvalue weighted by Gasteiger charge is 2.28. The van der Waals surface area contributed by atoms with E-state index in [1.807, 2.05) is 13.8 Å². The largest absolute Gasteiger partial charge is 0.361 e. The van der Waals surface area contributed by atoms with E-state index in [1.165, 1.54) is 10.2 Å². The first kappa shape index (κ1) is 29.9. The molecular weight excluding hydrogens is 632 g/mol. The number of imidazole rings is 1. The van der Waals surface area contributed by atoms with Crippen molar-refractivity contribution < 1.29 is 17.9 Å². The summed E-state index contributed by atoms with van der Waals surface area (Å²) in [5, 5.41) is 9.98. The van der Waals surface area contributed by atoms with E-state index in [-0.39, 0.29) is 23.2 Å². The molecule has 5 rings (SSSR count). The van der Waals surface area contributed by atoms with Crippen LogP contribution < -0.4 is 0 Å². The first-order chi connectivity index (χ1) is 19.8. The molecule has 0 N–H and O–H groups in total. The van der Waals surface area contributed by atoms with Crippen molar-refractivity contribution in [3.63, 3.8) is 0 Å². The second-order valence-electron chi connectivity index (χ2n) is 11.6. The molecular formula is C31H31BrN4O4SSi. The van der Waals surface area contributed by atoms with Gasteiger partial charge in [-0.05, 0) is 83.8 Å². The van der Waals surface area contributed by atoms with E-state index in [0.717, 1.165) is 11.6 Å². The van der Waals surface area contributed by atoms with E-state index in [4.69, 9.17) is 4.74 Å². The lowest BCUT2D eigenvalue weighted by molar-refractivity contribution is 0.0835. The smallest absolute Gasteiger partial charge is 0.268 e. The molecule has 0 bridgehead atoms. The van der Waals surface area contributed by atoms with Crippen LogP contribution in [0, 0.1) is 25.2 Å². The second-order valence-corrected chi connectivity index (χ2v) is 19.9. The maximum Gasteiger partial charge on any atom is 0.268 e. The minimum Gasteiger partial charge on any atom is -0.361 e. The third-order valence-corrected chi connectivity index (χ3v) is 11.2. The van der Waals surface area contributed by atoms with Gasteiger partial charge in [-0.25, -0.2) is 17.4 Å². The molecule has 0 aliphatic heterocycles. The first-order valence-electron chi connectivity index (χ1n) is 13.5. The van der Waals surface area contributed by atoms with Crippen molar-refractivity contribution in [1.82, 2.24) is 13.5 Å². The Morgan fingerprint density at radius 1 is 1.07 bits per heavy atom. The number of carbonyl (C=O) groups excluding carboxylic acids is 1. The number of hydrogen-bond acceptors (Lipinski definition) is 6. The predicted molar refractivity (Wildman–Crippen MR) is 170 cm³/mol. The number of ketones is 1. The highest BCUT2D eigenvalue weighted by molar-refractivity contribution is 9.10. The molecule has 11 heteroatoms. The van der Waals surface area contributed by atoms with Crippen LogP contribution in [0.4, 0.5) is 0 Å². The summed E-state index contributed by atoms with van der Waals surface area (Å²) in [6.07, 6.45) is 1.48. The highest BCUT2D eigenvalue weighted by atomic mass is 79.9. The van der Waals surface area contributed by atoms with Crippen LogP contribution in [0.25, 0.3) is 21.9 Å². The average Bonchev–Trinajstić information content (AvgIpc) is 3.53. The fraction of sp³-hybridized carbons (Fsp3) is 0.258. The van der Waals surface area contributed by atoms with Gasteiger partial charge in [0.05, 0.1) is 33.1 Å². The van der Waals surface area contributed by atoms with E-state index in [2.05, 4.69) is 46.6 Å². The first-order valence-corrected chi connectivity index (χ1v) is 19.4. The van der Waals surface area contributed by atoms with Gasteiger partial charge in [-0.15, -0.1) is 0 Å². The number of aromatic nitrogens is 3. The Balaban J connectivity index is 1.64. The molecule has 0 aliphatic rings. The molecule has 0 atom stereocenters. The summed E-state index contributed by atoms with van der Waals surface area (Å²) in [5.41, 5.74) is 3.98. The third-order valence-electron chi connectivity index (χ3n) is 7.18. The van der Waals surface area contributed by atoms with Gasteiger partial charge in [-0.2, -0.15) is 5.26 Å². The zero-order valence-electron chi connectivity index (χ0n) is 24.1. The van der Waals surface area contributed by atoms with Crippen molar-refractivity contribution >= 4 is 61.7 Å². The normalized spacial score (nSPS) is 12.2. The number of aryl methyl sites for hydroxylation is 2. The van der Waals surface area contributed by atoms with E-state index in [9.17, 15) is 18.5 Å². The average molecular weight is 664 g/mol. The Kier molecular flexibility index (Phi) is 8.02. The Bertz CT molecular complexity index is 2000. The third kappa shape index (κ3) is 5.59. The number of carbonyl (C=O) groups is 1. The number of ether oxygens (including phenoxy) is 1. The molecule has 0 saturated carbocycles. The van der Waals surface area contributed by atoms with Crippen molar-refractivity contribution in [3.8, 4) is 6.07 Å². The summed E-state index contributed by atoms with van der Waals surface area (Å²) in [7, 11) is -5.26. The van der Waals surface area contributed by atoms with Gasteiger partial charge in [0.15, 0.2) is 5.82 Å². The van der Waals surface area contributed by atoms with Crippen LogP contribution in [0.1, 0.15) is 32.9 Å². The summed E-state index contributed by atoms with van der Waals surface area (Å²) in [6.45, 7) is 11.1. The summed E-state index contributed by atoms with van der Waals surface area (Å²) in [4.78, 5) is 19.1.